The molecule has 1 unspecified atom stereocenters. The lowest BCUT2D eigenvalue weighted by atomic mass is 10.2. The van der Waals surface area contributed by atoms with Gasteiger partial charge in [0.05, 0.1) is 19.1 Å². The average Bonchev–Trinajstić information content (AvgIpc) is 2.05. The van der Waals surface area contributed by atoms with Crippen LogP contribution in [0.3, 0.4) is 0 Å². The summed E-state index contributed by atoms with van der Waals surface area (Å²) in [5.74, 6) is -0.371. The van der Waals surface area contributed by atoms with E-state index in [1.807, 2.05) is 0 Å². The predicted octanol–water partition coefficient (Wildman–Crippen LogP) is -1.15. The number of carbonyl (C=O) groups excluding carboxylic acids is 1. The second-order valence-corrected chi connectivity index (χ2v) is 2.66. The molecule has 5 nitrogen and oxygen atoms in total. The van der Waals surface area contributed by atoms with Gasteiger partial charge in [0.2, 0.25) is 0 Å². The highest BCUT2D eigenvalue weighted by Crippen LogP contribution is 1.92. The first-order valence-corrected chi connectivity index (χ1v) is 4.45. The van der Waals surface area contributed by atoms with Gasteiger partial charge in [0, 0.05) is 19.6 Å². The number of aliphatic hydroxyl groups excluding tert-OH is 1. The summed E-state index contributed by atoms with van der Waals surface area (Å²) in [4.78, 5) is 10.9. The number of ether oxygens (including phenoxy) is 1. The molecule has 0 spiro atoms. The van der Waals surface area contributed by atoms with Crippen LogP contribution in [-0.4, -0.2) is 43.4 Å². The van der Waals surface area contributed by atoms with Gasteiger partial charge in [-0.25, -0.2) is 0 Å². The monoisotopic (exact) mass is 190 g/mol. The molecule has 0 aromatic rings. The van der Waals surface area contributed by atoms with Crippen molar-refractivity contribution in [3.63, 3.8) is 0 Å². The van der Waals surface area contributed by atoms with Gasteiger partial charge in [-0.1, -0.05) is 0 Å². The van der Waals surface area contributed by atoms with Crippen molar-refractivity contribution in [2.24, 2.45) is 5.73 Å². The molecule has 0 saturated carbocycles. The molecule has 0 aromatic carbocycles. The molecular weight excluding hydrogens is 172 g/mol. The van der Waals surface area contributed by atoms with E-state index >= 15 is 0 Å². The zero-order chi connectivity index (χ0) is 10.1. The van der Waals surface area contributed by atoms with Gasteiger partial charge in [0.15, 0.2) is 0 Å². The fourth-order valence-electron chi connectivity index (χ4n) is 0.855. The Morgan fingerprint density at radius 3 is 2.92 bits per heavy atom. The van der Waals surface area contributed by atoms with E-state index in [0.29, 0.717) is 26.2 Å². The van der Waals surface area contributed by atoms with E-state index in [-0.39, 0.29) is 12.4 Å². The molecule has 0 aromatic heterocycles. The van der Waals surface area contributed by atoms with Crippen LogP contribution in [0.4, 0.5) is 0 Å². The molecule has 0 fully saturated rings. The molecule has 78 valence electrons. The Hall–Kier alpha value is -0.650. The van der Waals surface area contributed by atoms with Crippen LogP contribution in [-0.2, 0) is 9.53 Å². The quantitative estimate of drug-likeness (QED) is 0.348. The van der Waals surface area contributed by atoms with E-state index in [0.717, 1.165) is 0 Å². The van der Waals surface area contributed by atoms with Crippen molar-refractivity contribution in [3.8, 4) is 0 Å². The molecule has 5 heteroatoms. The predicted molar refractivity (Wildman–Crippen MR) is 49.2 cm³/mol. The van der Waals surface area contributed by atoms with Gasteiger partial charge >= 0.3 is 5.97 Å². The number of carbonyl (C=O) groups is 1. The molecular formula is C8H18N2O3. The Labute approximate surface area is 78.3 Å². The summed E-state index contributed by atoms with van der Waals surface area (Å²) >= 11 is 0. The van der Waals surface area contributed by atoms with Gasteiger partial charge in [-0.05, 0) is 6.92 Å². The first kappa shape index (κ1) is 12.3. The smallest absolute Gasteiger partial charge is 0.308 e. The lowest BCUT2D eigenvalue weighted by molar-refractivity contribution is -0.145. The van der Waals surface area contributed by atoms with Gasteiger partial charge in [-0.3, -0.25) is 4.79 Å². The van der Waals surface area contributed by atoms with Crippen LogP contribution in [0.15, 0.2) is 0 Å². The summed E-state index contributed by atoms with van der Waals surface area (Å²) < 4.78 is 4.67. The largest absolute Gasteiger partial charge is 0.466 e. The Morgan fingerprint density at radius 1 is 1.69 bits per heavy atom. The maximum Gasteiger partial charge on any atom is 0.308 e. The molecule has 0 heterocycles. The highest BCUT2D eigenvalue weighted by Gasteiger charge is 2.10. The maximum absolute atomic E-state index is 10.9. The molecule has 0 aliphatic carbocycles. The highest BCUT2D eigenvalue weighted by atomic mass is 16.5. The first-order chi connectivity index (χ1) is 6.20. The highest BCUT2D eigenvalue weighted by molar-refractivity contribution is 5.69. The fraction of sp³-hybridized carbons (Fsp3) is 0.875. The van der Waals surface area contributed by atoms with Crippen molar-refractivity contribution >= 4 is 5.97 Å². The van der Waals surface area contributed by atoms with Crippen molar-refractivity contribution in [2.75, 3.05) is 26.2 Å². The normalized spacial score (nSPS) is 12.5. The Kier molecular flexibility index (Phi) is 7.57. The van der Waals surface area contributed by atoms with Gasteiger partial charge in [-0.2, -0.15) is 0 Å². The standard InChI is InChI=1S/C8H18N2O3/c1-2-13-8(12)5-7(11)6-10-4-3-9/h7,10-11H,2-6,9H2,1H3. The van der Waals surface area contributed by atoms with Crippen molar-refractivity contribution in [1.29, 1.82) is 0 Å². The number of nitrogens with two attached hydrogens (primary N) is 1. The van der Waals surface area contributed by atoms with E-state index in [9.17, 15) is 9.90 Å². The molecule has 0 bridgehead atoms. The van der Waals surface area contributed by atoms with E-state index < -0.39 is 6.10 Å². The van der Waals surface area contributed by atoms with E-state index in [4.69, 9.17) is 5.73 Å². The number of hydrogen-bond donors (Lipinski definition) is 3. The van der Waals surface area contributed by atoms with Crippen LogP contribution in [0.25, 0.3) is 0 Å². The first-order valence-electron chi connectivity index (χ1n) is 4.45. The SMILES string of the molecule is CCOC(=O)CC(O)CNCCN. The molecule has 0 rings (SSSR count). The summed E-state index contributed by atoms with van der Waals surface area (Å²) in [5.41, 5.74) is 5.23. The molecule has 0 aliphatic heterocycles. The van der Waals surface area contributed by atoms with E-state index in [2.05, 4.69) is 10.1 Å². The number of nitrogens with one attached hydrogen (secondary N) is 1. The topological polar surface area (TPSA) is 84.6 Å². The minimum Gasteiger partial charge on any atom is -0.466 e. The summed E-state index contributed by atoms with van der Waals surface area (Å²) in [7, 11) is 0. The fourth-order valence-corrected chi connectivity index (χ4v) is 0.855. The van der Waals surface area contributed by atoms with Crippen molar-refractivity contribution in [2.45, 2.75) is 19.4 Å². The van der Waals surface area contributed by atoms with Crippen LogP contribution >= 0.6 is 0 Å². The number of hydrogen-bond acceptors (Lipinski definition) is 5. The minimum absolute atomic E-state index is 0.0331. The van der Waals surface area contributed by atoms with Crippen molar-refractivity contribution in [3.05, 3.63) is 0 Å². The number of rotatable bonds is 7. The number of esters is 1. The zero-order valence-electron chi connectivity index (χ0n) is 7.95. The Morgan fingerprint density at radius 2 is 2.38 bits per heavy atom. The van der Waals surface area contributed by atoms with Gasteiger partial charge in [-0.15, -0.1) is 0 Å². The van der Waals surface area contributed by atoms with Crippen LogP contribution in [0.2, 0.25) is 0 Å². The van der Waals surface area contributed by atoms with Gasteiger partial charge in [0.1, 0.15) is 0 Å². The Bertz CT molecular complexity index is 141. The summed E-state index contributed by atoms with van der Waals surface area (Å²) in [6.07, 6.45) is -0.656. The molecule has 13 heavy (non-hydrogen) atoms. The zero-order valence-corrected chi connectivity index (χ0v) is 7.95. The third-order valence-electron chi connectivity index (χ3n) is 1.41. The second kappa shape index (κ2) is 7.97. The Balaban J connectivity index is 3.38. The van der Waals surface area contributed by atoms with E-state index in [1.165, 1.54) is 0 Å². The lowest BCUT2D eigenvalue weighted by Gasteiger charge is -2.10. The molecule has 0 amide bonds. The maximum atomic E-state index is 10.9. The summed E-state index contributed by atoms with van der Waals surface area (Å²) in [5, 5.41) is 12.2. The van der Waals surface area contributed by atoms with Crippen LogP contribution < -0.4 is 11.1 Å². The van der Waals surface area contributed by atoms with Crippen LogP contribution in [0.1, 0.15) is 13.3 Å². The minimum atomic E-state index is -0.689. The molecule has 4 N–H and O–H groups in total. The average molecular weight is 190 g/mol. The lowest BCUT2D eigenvalue weighted by Crippen LogP contribution is -2.32. The summed E-state index contributed by atoms with van der Waals surface area (Å²) in [6.45, 7) is 3.61. The van der Waals surface area contributed by atoms with E-state index in [1.54, 1.807) is 6.92 Å². The second-order valence-electron chi connectivity index (χ2n) is 2.66. The third kappa shape index (κ3) is 7.70. The van der Waals surface area contributed by atoms with Crippen molar-refractivity contribution in [1.82, 2.24) is 5.32 Å². The molecule has 0 aliphatic rings. The van der Waals surface area contributed by atoms with Gasteiger partial charge in [0.25, 0.3) is 0 Å². The molecule has 1 atom stereocenters. The number of aliphatic hydroxyl groups is 1. The molecule has 0 saturated heterocycles. The summed E-state index contributed by atoms with van der Waals surface area (Å²) in [6, 6.07) is 0. The molecule has 0 radical (unpaired) electrons. The van der Waals surface area contributed by atoms with Crippen LogP contribution in [0, 0.1) is 0 Å². The van der Waals surface area contributed by atoms with Crippen molar-refractivity contribution < 1.29 is 14.6 Å². The van der Waals surface area contributed by atoms with Gasteiger partial charge < -0.3 is 20.9 Å². The van der Waals surface area contributed by atoms with Crippen LogP contribution in [0.5, 0.6) is 0 Å². The third-order valence-corrected chi connectivity index (χ3v) is 1.41.